The van der Waals surface area contributed by atoms with E-state index in [0.29, 0.717) is 12.1 Å². The van der Waals surface area contributed by atoms with Crippen molar-refractivity contribution in [2.45, 2.75) is 13.3 Å². The monoisotopic (exact) mass is 253 g/mol. The lowest BCUT2D eigenvalue weighted by atomic mass is 10.1. The first-order valence-corrected chi connectivity index (χ1v) is 6.27. The van der Waals surface area contributed by atoms with E-state index in [1.165, 1.54) is 0 Å². The van der Waals surface area contributed by atoms with Gasteiger partial charge in [0.1, 0.15) is 0 Å². The van der Waals surface area contributed by atoms with E-state index in [1.54, 1.807) is 17.3 Å². The minimum Gasteiger partial charge on any atom is -0.399 e. The smallest absolute Gasteiger partial charge is 0.259 e. The molecule has 2 heterocycles. The number of fused-ring (bicyclic) bond motifs is 1. The van der Waals surface area contributed by atoms with Crippen molar-refractivity contribution in [3.63, 3.8) is 0 Å². The number of amides is 1. The minimum absolute atomic E-state index is 0.000258. The zero-order valence-electron chi connectivity index (χ0n) is 10.8. The van der Waals surface area contributed by atoms with E-state index in [-0.39, 0.29) is 5.91 Å². The lowest BCUT2D eigenvalue weighted by Gasteiger charge is -2.17. The van der Waals surface area contributed by atoms with Gasteiger partial charge in [-0.1, -0.05) is 0 Å². The highest BCUT2D eigenvalue weighted by Gasteiger charge is 2.25. The third-order valence-electron chi connectivity index (χ3n) is 3.37. The van der Waals surface area contributed by atoms with Gasteiger partial charge in [-0.25, -0.2) is 0 Å². The highest BCUT2D eigenvalue weighted by atomic mass is 16.2. The second-order valence-corrected chi connectivity index (χ2v) is 4.85. The van der Waals surface area contributed by atoms with Gasteiger partial charge in [-0.2, -0.15) is 0 Å². The highest BCUT2D eigenvalue weighted by Crippen LogP contribution is 2.30. The quantitative estimate of drug-likeness (QED) is 0.792. The topological polar surface area (TPSA) is 59.2 Å². The van der Waals surface area contributed by atoms with Crippen molar-refractivity contribution in [1.29, 1.82) is 0 Å². The molecule has 0 atom stereocenters. The second kappa shape index (κ2) is 4.39. The van der Waals surface area contributed by atoms with E-state index in [9.17, 15) is 4.79 Å². The summed E-state index contributed by atoms with van der Waals surface area (Å²) in [6.45, 7) is 2.63. The van der Waals surface area contributed by atoms with Crippen LogP contribution < -0.4 is 10.6 Å². The molecule has 1 aliphatic rings. The van der Waals surface area contributed by atoms with Crippen molar-refractivity contribution in [2.75, 3.05) is 17.2 Å². The molecule has 0 radical (unpaired) electrons. The molecule has 0 spiro atoms. The summed E-state index contributed by atoms with van der Waals surface area (Å²) >= 11 is 0. The predicted molar refractivity (Wildman–Crippen MR) is 75.2 cm³/mol. The summed E-state index contributed by atoms with van der Waals surface area (Å²) in [6.07, 6.45) is 4.21. The van der Waals surface area contributed by atoms with Gasteiger partial charge < -0.3 is 10.6 Å². The van der Waals surface area contributed by atoms with Crippen molar-refractivity contribution in [2.24, 2.45) is 0 Å². The molecule has 1 aliphatic heterocycles. The Labute approximate surface area is 111 Å². The lowest BCUT2D eigenvalue weighted by Crippen LogP contribution is -2.29. The van der Waals surface area contributed by atoms with E-state index in [4.69, 9.17) is 5.73 Å². The first-order valence-electron chi connectivity index (χ1n) is 6.27. The maximum absolute atomic E-state index is 12.5. The SMILES string of the molecule is Cc1cncc(C(=O)N2CCc3cc(N)ccc32)c1. The van der Waals surface area contributed by atoms with E-state index in [1.807, 2.05) is 31.2 Å². The number of benzene rings is 1. The fourth-order valence-electron chi connectivity index (χ4n) is 2.46. The molecule has 4 heteroatoms. The van der Waals surface area contributed by atoms with Crippen LogP contribution in [0.2, 0.25) is 0 Å². The Morgan fingerprint density at radius 3 is 2.95 bits per heavy atom. The van der Waals surface area contributed by atoms with Crippen LogP contribution in [0.25, 0.3) is 0 Å². The predicted octanol–water partition coefficient (Wildman–Crippen LogP) is 2.18. The number of carbonyl (C=O) groups excluding carboxylic acids is 1. The van der Waals surface area contributed by atoms with E-state index in [2.05, 4.69) is 4.98 Å². The zero-order chi connectivity index (χ0) is 13.4. The third-order valence-corrected chi connectivity index (χ3v) is 3.37. The van der Waals surface area contributed by atoms with Gasteiger partial charge in [0.15, 0.2) is 0 Å². The number of aryl methyl sites for hydroxylation is 1. The van der Waals surface area contributed by atoms with Gasteiger partial charge >= 0.3 is 0 Å². The lowest BCUT2D eigenvalue weighted by molar-refractivity contribution is 0.0989. The summed E-state index contributed by atoms with van der Waals surface area (Å²) in [4.78, 5) is 18.4. The van der Waals surface area contributed by atoms with Crippen molar-refractivity contribution < 1.29 is 4.79 Å². The van der Waals surface area contributed by atoms with Crippen molar-refractivity contribution in [3.05, 3.63) is 53.3 Å². The third kappa shape index (κ3) is 2.05. The Morgan fingerprint density at radius 1 is 1.32 bits per heavy atom. The number of pyridine rings is 1. The van der Waals surface area contributed by atoms with Crippen molar-refractivity contribution >= 4 is 17.3 Å². The molecule has 19 heavy (non-hydrogen) atoms. The molecule has 0 unspecified atom stereocenters. The minimum atomic E-state index is -0.000258. The molecule has 1 aromatic carbocycles. The molecule has 0 bridgehead atoms. The molecule has 2 aromatic rings. The number of carbonyl (C=O) groups is 1. The molecule has 96 valence electrons. The van der Waals surface area contributed by atoms with Crippen LogP contribution in [0.3, 0.4) is 0 Å². The molecule has 4 nitrogen and oxygen atoms in total. The first-order chi connectivity index (χ1) is 9.15. The zero-order valence-corrected chi connectivity index (χ0v) is 10.8. The van der Waals surface area contributed by atoms with Crippen LogP contribution in [0.1, 0.15) is 21.5 Å². The number of rotatable bonds is 1. The number of nitrogens with two attached hydrogens (primary N) is 1. The average Bonchev–Trinajstić information content (AvgIpc) is 2.80. The van der Waals surface area contributed by atoms with E-state index >= 15 is 0 Å². The van der Waals surface area contributed by atoms with Gasteiger partial charge in [-0.05, 0) is 48.7 Å². The summed E-state index contributed by atoms with van der Waals surface area (Å²) in [5.41, 5.74) is 10.2. The molecule has 0 fully saturated rings. The van der Waals surface area contributed by atoms with E-state index < -0.39 is 0 Å². The molecule has 0 saturated carbocycles. The maximum atomic E-state index is 12.5. The Morgan fingerprint density at radius 2 is 2.16 bits per heavy atom. The van der Waals surface area contributed by atoms with Gasteiger partial charge in [0.2, 0.25) is 0 Å². The van der Waals surface area contributed by atoms with Crippen LogP contribution in [0.15, 0.2) is 36.7 Å². The van der Waals surface area contributed by atoms with Crippen molar-refractivity contribution in [3.8, 4) is 0 Å². The van der Waals surface area contributed by atoms with Gasteiger partial charge in [0.05, 0.1) is 5.56 Å². The van der Waals surface area contributed by atoms with Crippen molar-refractivity contribution in [1.82, 2.24) is 4.98 Å². The number of nitrogen functional groups attached to an aromatic ring is 1. The molecular formula is C15H15N3O. The summed E-state index contributed by atoms with van der Waals surface area (Å²) < 4.78 is 0. The maximum Gasteiger partial charge on any atom is 0.259 e. The summed E-state index contributed by atoms with van der Waals surface area (Å²) in [5.74, 6) is -0.000258. The number of aromatic nitrogens is 1. The van der Waals surface area contributed by atoms with E-state index in [0.717, 1.165) is 28.9 Å². The van der Waals surface area contributed by atoms with Gasteiger partial charge in [-0.3, -0.25) is 9.78 Å². The molecule has 1 amide bonds. The molecule has 1 aromatic heterocycles. The molecule has 0 aliphatic carbocycles. The highest BCUT2D eigenvalue weighted by molar-refractivity contribution is 6.07. The number of hydrogen-bond acceptors (Lipinski definition) is 3. The molecule has 0 saturated heterocycles. The van der Waals surface area contributed by atoms with Gasteiger partial charge in [0, 0.05) is 30.3 Å². The first kappa shape index (κ1) is 11.7. The summed E-state index contributed by atoms with van der Waals surface area (Å²) in [6, 6.07) is 7.56. The Kier molecular flexibility index (Phi) is 2.71. The number of anilines is 2. The Balaban J connectivity index is 1.95. The fourth-order valence-corrected chi connectivity index (χ4v) is 2.46. The van der Waals surface area contributed by atoms with Gasteiger partial charge in [0.25, 0.3) is 5.91 Å². The average molecular weight is 253 g/mol. The number of hydrogen-bond donors (Lipinski definition) is 1. The molecule has 2 N–H and O–H groups in total. The standard InChI is InChI=1S/C15H15N3O/c1-10-6-12(9-17-8-10)15(19)18-5-4-11-7-13(16)2-3-14(11)18/h2-3,6-9H,4-5,16H2,1H3. The Hall–Kier alpha value is -2.36. The number of nitrogens with zero attached hydrogens (tertiary/aromatic N) is 2. The van der Waals surface area contributed by atoms with Gasteiger partial charge in [-0.15, -0.1) is 0 Å². The summed E-state index contributed by atoms with van der Waals surface area (Å²) in [5, 5.41) is 0. The Bertz CT molecular complexity index is 652. The summed E-state index contributed by atoms with van der Waals surface area (Å²) in [7, 11) is 0. The normalized spacial score (nSPS) is 13.4. The van der Waals surface area contributed by atoms with Crippen LogP contribution in [-0.4, -0.2) is 17.4 Å². The van der Waals surface area contributed by atoms with Crippen LogP contribution in [0.4, 0.5) is 11.4 Å². The van der Waals surface area contributed by atoms with Crippen LogP contribution in [-0.2, 0) is 6.42 Å². The largest absolute Gasteiger partial charge is 0.399 e. The molecular weight excluding hydrogens is 238 g/mol. The second-order valence-electron chi connectivity index (χ2n) is 4.85. The van der Waals surface area contributed by atoms with Crippen LogP contribution >= 0.6 is 0 Å². The molecule has 3 rings (SSSR count). The fraction of sp³-hybridized carbons (Fsp3) is 0.200. The van der Waals surface area contributed by atoms with Crippen LogP contribution in [0.5, 0.6) is 0 Å². The van der Waals surface area contributed by atoms with Crippen LogP contribution in [0, 0.1) is 6.92 Å².